The molecule has 0 aliphatic heterocycles. The number of benzene rings is 1. The summed E-state index contributed by atoms with van der Waals surface area (Å²) in [6, 6.07) is 6.78. The average molecular weight is 300 g/mol. The van der Waals surface area contributed by atoms with Gasteiger partial charge in [-0.3, -0.25) is 0 Å². The first-order valence-electron chi connectivity index (χ1n) is 4.62. The van der Waals surface area contributed by atoms with Crippen LogP contribution in [0.5, 0.6) is 0 Å². The maximum Gasteiger partial charge on any atom is 0.352 e. The lowest BCUT2D eigenvalue weighted by molar-refractivity contribution is -0.135. The molecule has 6 heteroatoms. The minimum atomic E-state index is -1.31. The van der Waals surface area contributed by atoms with Crippen LogP contribution < -0.4 is 5.32 Å². The number of rotatable bonds is 4. The lowest BCUT2D eigenvalue weighted by atomic mass is 10.2. The Morgan fingerprint density at radius 3 is 2.35 bits per heavy atom. The zero-order valence-corrected chi connectivity index (χ0v) is 10.5. The zero-order chi connectivity index (χ0) is 13.0. The van der Waals surface area contributed by atoms with Gasteiger partial charge in [-0.05, 0) is 25.1 Å². The summed E-state index contributed by atoms with van der Waals surface area (Å²) in [6.45, 7) is 1.23. The van der Waals surface area contributed by atoms with E-state index in [1.165, 1.54) is 6.92 Å². The molecule has 5 nitrogen and oxygen atoms in total. The Morgan fingerprint density at radius 2 is 1.88 bits per heavy atom. The van der Waals surface area contributed by atoms with Gasteiger partial charge in [-0.1, -0.05) is 22.0 Å². The maximum absolute atomic E-state index is 10.9. The molecular weight excluding hydrogens is 290 g/mol. The second kappa shape index (κ2) is 5.49. The summed E-state index contributed by atoms with van der Waals surface area (Å²) < 4.78 is 0.764. The molecule has 0 aromatic heterocycles. The number of aliphatic carboxylic acids is 2. The zero-order valence-electron chi connectivity index (χ0n) is 8.90. The molecule has 0 bridgehead atoms. The van der Waals surface area contributed by atoms with E-state index in [-0.39, 0.29) is 11.3 Å². The summed E-state index contributed by atoms with van der Waals surface area (Å²) in [7, 11) is 0. The highest BCUT2D eigenvalue weighted by Crippen LogP contribution is 2.18. The van der Waals surface area contributed by atoms with Crippen molar-refractivity contribution in [3.05, 3.63) is 40.0 Å². The number of hydrogen-bond acceptors (Lipinski definition) is 3. The Bertz CT molecular complexity index is 496. The van der Waals surface area contributed by atoms with Crippen LogP contribution >= 0.6 is 15.9 Å². The quantitative estimate of drug-likeness (QED) is 0.743. The molecule has 0 heterocycles. The van der Waals surface area contributed by atoms with Crippen molar-refractivity contribution in [1.82, 2.24) is 0 Å². The van der Waals surface area contributed by atoms with Crippen molar-refractivity contribution in [2.75, 3.05) is 5.32 Å². The average Bonchev–Trinajstić information content (AvgIpc) is 2.24. The lowest BCUT2D eigenvalue weighted by Gasteiger charge is -2.09. The predicted octanol–water partition coefficient (Wildman–Crippen LogP) is 2.30. The molecule has 0 unspecified atom stereocenters. The molecular formula is C11H10BrNO4. The van der Waals surface area contributed by atoms with Crippen molar-refractivity contribution in [3.8, 4) is 0 Å². The van der Waals surface area contributed by atoms with E-state index in [0.717, 1.165) is 4.47 Å². The summed E-state index contributed by atoms with van der Waals surface area (Å²) in [4.78, 5) is 21.7. The summed E-state index contributed by atoms with van der Waals surface area (Å²) in [5, 5.41) is 20.3. The molecule has 90 valence electrons. The standard InChI is InChI=1S/C11H10BrNO4/c1-6(10(14)15)9(11(16)17)13-8-4-2-3-7(12)5-8/h2-5,13H,1H3,(H,14,15)(H,16,17). The fourth-order valence-corrected chi connectivity index (χ4v) is 1.52. The van der Waals surface area contributed by atoms with Crippen molar-refractivity contribution in [3.63, 3.8) is 0 Å². The summed E-state index contributed by atoms with van der Waals surface area (Å²) in [6.07, 6.45) is 0. The van der Waals surface area contributed by atoms with Crippen molar-refractivity contribution in [2.45, 2.75) is 6.92 Å². The van der Waals surface area contributed by atoms with Crippen LogP contribution in [0.2, 0.25) is 0 Å². The van der Waals surface area contributed by atoms with E-state index in [9.17, 15) is 9.59 Å². The van der Waals surface area contributed by atoms with Gasteiger partial charge in [0, 0.05) is 10.2 Å². The van der Waals surface area contributed by atoms with Gasteiger partial charge in [-0.15, -0.1) is 0 Å². The first kappa shape index (κ1) is 13.2. The first-order valence-corrected chi connectivity index (χ1v) is 5.41. The molecule has 17 heavy (non-hydrogen) atoms. The molecule has 0 saturated carbocycles. The minimum absolute atomic E-state index is 0.252. The van der Waals surface area contributed by atoms with Crippen LogP contribution in [0.1, 0.15) is 6.92 Å². The van der Waals surface area contributed by atoms with Gasteiger partial charge in [0.1, 0.15) is 5.70 Å². The summed E-state index contributed by atoms with van der Waals surface area (Å²) in [5.41, 5.74) is -0.106. The normalized spacial score (nSPS) is 11.6. The molecule has 0 aliphatic carbocycles. The Hall–Kier alpha value is -1.82. The van der Waals surface area contributed by atoms with E-state index in [1.54, 1.807) is 24.3 Å². The number of carboxylic acid groups (broad SMARTS) is 2. The van der Waals surface area contributed by atoms with Gasteiger partial charge < -0.3 is 15.5 Å². The van der Waals surface area contributed by atoms with Gasteiger partial charge in [-0.25, -0.2) is 9.59 Å². The minimum Gasteiger partial charge on any atom is -0.478 e. The highest BCUT2D eigenvalue weighted by atomic mass is 79.9. The molecule has 0 saturated heterocycles. The van der Waals surface area contributed by atoms with Crippen LogP contribution in [0.4, 0.5) is 5.69 Å². The van der Waals surface area contributed by atoms with Crippen molar-refractivity contribution in [1.29, 1.82) is 0 Å². The van der Waals surface area contributed by atoms with Gasteiger partial charge in [0.2, 0.25) is 0 Å². The van der Waals surface area contributed by atoms with Crippen molar-refractivity contribution >= 4 is 33.6 Å². The third kappa shape index (κ3) is 3.60. The molecule has 0 aliphatic rings. The van der Waals surface area contributed by atoms with Crippen LogP contribution in [0.25, 0.3) is 0 Å². The molecule has 1 rings (SSSR count). The largest absolute Gasteiger partial charge is 0.478 e. The van der Waals surface area contributed by atoms with Crippen LogP contribution in [0.15, 0.2) is 40.0 Å². The highest BCUT2D eigenvalue weighted by Gasteiger charge is 2.16. The molecule has 1 aromatic rings. The number of carbonyl (C=O) groups is 2. The van der Waals surface area contributed by atoms with Crippen molar-refractivity contribution in [2.24, 2.45) is 0 Å². The van der Waals surface area contributed by atoms with E-state index in [4.69, 9.17) is 10.2 Å². The Morgan fingerprint density at radius 1 is 1.24 bits per heavy atom. The molecule has 1 aromatic carbocycles. The third-order valence-corrected chi connectivity index (χ3v) is 2.50. The Balaban J connectivity index is 3.09. The molecule has 0 fully saturated rings. The van der Waals surface area contributed by atoms with Crippen LogP contribution in [0, 0.1) is 0 Å². The van der Waals surface area contributed by atoms with E-state index in [1.807, 2.05) is 0 Å². The second-order valence-electron chi connectivity index (χ2n) is 3.25. The van der Waals surface area contributed by atoms with Gasteiger partial charge in [0.15, 0.2) is 0 Å². The number of carboxylic acids is 2. The van der Waals surface area contributed by atoms with Gasteiger partial charge >= 0.3 is 11.9 Å². The number of anilines is 1. The number of halogens is 1. The maximum atomic E-state index is 10.9. The summed E-state index contributed by atoms with van der Waals surface area (Å²) in [5.74, 6) is -2.59. The van der Waals surface area contributed by atoms with E-state index < -0.39 is 11.9 Å². The van der Waals surface area contributed by atoms with E-state index in [0.29, 0.717) is 5.69 Å². The smallest absolute Gasteiger partial charge is 0.352 e. The molecule has 0 amide bonds. The molecule has 0 radical (unpaired) electrons. The van der Waals surface area contributed by atoms with Crippen LogP contribution in [-0.2, 0) is 9.59 Å². The van der Waals surface area contributed by atoms with Crippen molar-refractivity contribution < 1.29 is 19.8 Å². The Labute approximate surface area is 106 Å². The monoisotopic (exact) mass is 299 g/mol. The van der Waals surface area contributed by atoms with Crippen LogP contribution in [-0.4, -0.2) is 22.2 Å². The van der Waals surface area contributed by atoms with Gasteiger partial charge in [0.25, 0.3) is 0 Å². The van der Waals surface area contributed by atoms with Gasteiger partial charge in [-0.2, -0.15) is 0 Å². The Kier molecular flexibility index (Phi) is 4.28. The van der Waals surface area contributed by atoms with Gasteiger partial charge in [0.05, 0.1) is 5.57 Å². The van der Waals surface area contributed by atoms with E-state index >= 15 is 0 Å². The lowest BCUT2D eigenvalue weighted by Crippen LogP contribution is -2.16. The predicted molar refractivity (Wildman–Crippen MR) is 65.7 cm³/mol. The topological polar surface area (TPSA) is 86.6 Å². The SMILES string of the molecule is CC(C(=O)O)=C(Nc1cccc(Br)c1)C(=O)O. The first-order chi connectivity index (χ1) is 7.91. The molecule has 3 N–H and O–H groups in total. The molecule has 0 atom stereocenters. The summed E-state index contributed by atoms with van der Waals surface area (Å²) >= 11 is 3.24. The number of hydrogen-bond donors (Lipinski definition) is 3. The van der Waals surface area contributed by atoms with E-state index in [2.05, 4.69) is 21.2 Å². The highest BCUT2D eigenvalue weighted by molar-refractivity contribution is 9.10. The van der Waals surface area contributed by atoms with Crippen LogP contribution in [0.3, 0.4) is 0 Å². The second-order valence-corrected chi connectivity index (χ2v) is 4.16. The fraction of sp³-hybridized carbons (Fsp3) is 0.0909. The number of nitrogens with one attached hydrogen (secondary N) is 1. The fourth-order valence-electron chi connectivity index (χ4n) is 1.13. The third-order valence-electron chi connectivity index (χ3n) is 2.00. The molecule has 0 spiro atoms.